The van der Waals surface area contributed by atoms with Gasteiger partial charge in [-0.2, -0.15) is 0 Å². The number of rotatable bonds is 46. The van der Waals surface area contributed by atoms with Crippen LogP contribution in [-0.4, -0.2) is 54.4 Å². The highest BCUT2D eigenvalue weighted by Crippen LogP contribution is 2.21. The molecule has 0 aliphatic carbocycles. The van der Waals surface area contributed by atoms with Crippen molar-refractivity contribution in [3.63, 3.8) is 0 Å². The van der Waals surface area contributed by atoms with Gasteiger partial charge in [-0.1, -0.05) is 166 Å². The van der Waals surface area contributed by atoms with Crippen LogP contribution >= 0.6 is 0 Å². The average molecular weight is 980 g/mol. The van der Waals surface area contributed by atoms with Crippen LogP contribution in [0, 0.1) is 10.1 Å². The van der Waals surface area contributed by atoms with Crippen LogP contribution in [0.15, 0.2) is 72.9 Å². The highest BCUT2D eigenvalue weighted by molar-refractivity contribution is 5.71. The van der Waals surface area contributed by atoms with Gasteiger partial charge in [0.05, 0.1) is 4.92 Å². The third-order valence-corrected chi connectivity index (χ3v) is 11.9. The Labute approximate surface area is 423 Å². The Bertz CT molecular complexity index is 1540. The minimum absolute atomic E-state index is 0.0890. The first-order valence-electron chi connectivity index (χ1n) is 27.4. The van der Waals surface area contributed by atoms with Crippen molar-refractivity contribution >= 4 is 29.8 Å². The molecule has 0 heterocycles. The third-order valence-electron chi connectivity index (χ3n) is 11.9. The van der Waals surface area contributed by atoms with Gasteiger partial charge in [0.15, 0.2) is 6.10 Å². The number of carbonyl (C=O) groups is 4. The van der Waals surface area contributed by atoms with E-state index in [4.69, 9.17) is 23.7 Å². The summed E-state index contributed by atoms with van der Waals surface area (Å²) in [6, 6.07) is 5.08. The molecule has 12 nitrogen and oxygen atoms in total. The predicted molar refractivity (Wildman–Crippen MR) is 282 cm³/mol. The first-order chi connectivity index (χ1) is 34.2. The van der Waals surface area contributed by atoms with Gasteiger partial charge < -0.3 is 23.7 Å². The van der Waals surface area contributed by atoms with E-state index < -0.39 is 41.2 Å². The average Bonchev–Trinajstić information content (AvgIpc) is 3.35. The Balaban J connectivity index is 2.67. The zero-order valence-electron chi connectivity index (χ0n) is 43.8. The number of allylic oxidation sites excluding steroid dienone is 8. The van der Waals surface area contributed by atoms with Crippen LogP contribution in [0.2, 0.25) is 0 Å². The second kappa shape index (κ2) is 46.6. The number of hydrogen-bond acceptors (Lipinski definition) is 11. The molecule has 0 fully saturated rings. The molecule has 0 aliphatic rings. The Hall–Kier alpha value is -4.74. The first kappa shape index (κ1) is 63.3. The van der Waals surface area contributed by atoms with Gasteiger partial charge in [0.2, 0.25) is 0 Å². The minimum Gasteiger partial charge on any atom is -0.462 e. The summed E-state index contributed by atoms with van der Waals surface area (Å²) in [5, 5.41) is 11.0. The molecule has 12 heteroatoms. The van der Waals surface area contributed by atoms with E-state index in [2.05, 4.69) is 69.4 Å². The van der Waals surface area contributed by atoms with Crippen LogP contribution in [0.1, 0.15) is 233 Å². The number of non-ortho nitro benzene ring substituents is 1. The molecule has 0 spiro atoms. The number of nitro benzene ring substituents is 1. The number of nitro groups is 1. The predicted octanol–water partition coefficient (Wildman–Crippen LogP) is 16.6. The molecule has 0 aromatic heterocycles. The van der Waals surface area contributed by atoms with E-state index in [9.17, 15) is 29.3 Å². The smallest absolute Gasteiger partial charge is 0.462 e. The molecule has 1 unspecified atom stereocenters. The fourth-order valence-corrected chi connectivity index (χ4v) is 7.62. The van der Waals surface area contributed by atoms with Crippen molar-refractivity contribution in [3.8, 4) is 5.75 Å². The number of esters is 3. The second-order valence-electron chi connectivity index (χ2n) is 18.4. The highest BCUT2D eigenvalue weighted by Gasteiger charge is 2.23. The Morgan fingerprint density at radius 3 is 1.36 bits per heavy atom. The van der Waals surface area contributed by atoms with Crippen LogP contribution in [0.4, 0.5) is 10.5 Å². The Kier molecular flexibility index (Phi) is 42.2. The first-order valence-corrected chi connectivity index (χ1v) is 27.4. The summed E-state index contributed by atoms with van der Waals surface area (Å²) < 4.78 is 27.7. The van der Waals surface area contributed by atoms with Crippen LogP contribution in [-0.2, 0) is 33.3 Å². The molecule has 0 amide bonds. The molecular formula is C58H93NO11. The van der Waals surface area contributed by atoms with Crippen LogP contribution in [0.5, 0.6) is 5.75 Å². The van der Waals surface area contributed by atoms with Crippen molar-refractivity contribution in [3.05, 3.63) is 83.0 Å². The molecular weight excluding hydrogens is 887 g/mol. The van der Waals surface area contributed by atoms with E-state index in [0.717, 1.165) is 128 Å². The Morgan fingerprint density at radius 1 is 0.471 bits per heavy atom. The lowest BCUT2D eigenvalue weighted by atomic mass is 10.0. The topological polar surface area (TPSA) is 158 Å². The number of nitrogens with zero attached hydrogens (tertiary/aromatic N) is 1. The normalized spacial score (nSPS) is 12.1. The van der Waals surface area contributed by atoms with Crippen molar-refractivity contribution in [2.75, 3.05) is 13.2 Å². The maximum atomic E-state index is 13.3. The van der Waals surface area contributed by atoms with Crippen molar-refractivity contribution < 1.29 is 47.8 Å². The summed E-state index contributed by atoms with van der Waals surface area (Å²) in [6.07, 6.45) is 46.1. The zero-order valence-corrected chi connectivity index (χ0v) is 43.8. The number of unbranched alkanes of at least 4 members (excludes halogenated alkanes) is 21. The number of carbonyl (C=O) groups excluding carboxylic acids is 4. The standard InChI is InChI=1S/C58H93NO11/c1-4-7-10-13-16-18-20-22-24-26-28-30-32-35-38-41-55(60)66-49-54(50-67-56(61)42-39-36-33-31-29-27-25-23-21-19-17-14-11-8-5-2)68-57(62)48-47-52(40-37-34-15-12-9-6-3)69-58(63)70-53-45-43-51(44-46-53)59(64)65/h16-19,22-25,43-46,52,54H,4-15,20-21,26-42,47-50H2,1-3H3/b18-16-,19-17-,24-22-,25-23-. The van der Waals surface area contributed by atoms with Crippen LogP contribution in [0.3, 0.4) is 0 Å². The van der Waals surface area contributed by atoms with Gasteiger partial charge >= 0.3 is 24.1 Å². The second-order valence-corrected chi connectivity index (χ2v) is 18.4. The van der Waals surface area contributed by atoms with E-state index >= 15 is 0 Å². The molecule has 0 saturated heterocycles. The monoisotopic (exact) mass is 980 g/mol. The Morgan fingerprint density at radius 2 is 0.886 bits per heavy atom. The quantitative estimate of drug-likeness (QED) is 0.0116. The van der Waals surface area contributed by atoms with Crippen molar-refractivity contribution in [2.24, 2.45) is 0 Å². The number of ether oxygens (including phenoxy) is 5. The van der Waals surface area contributed by atoms with Gasteiger partial charge in [-0.25, -0.2) is 4.79 Å². The van der Waals surface area contributed by atoms with E-state index in [1.165, 1.54) is 62.8 Å². The van der Waals surface area contributed by atoms with Gasteiger partial charge in [-0.05, 0) is 108 Å². The molecule has 0 N–H and O–H groups in total. The fraction of sp³-hybridized carbons (Fsp3) is 0.690. The third kappa shape index (κ3) is 40.0. The molecule has 0 aliphatic heterocycles. The maximum absolute atomic E-state index is 13.3. The molecule has 1 aromatic rings. The lowest BCUT2D eigenvalue weighted by molar-refractivity contribution is -0.384. The van der Waals surface area contributed by atoms with Gasteiger partial charge in [0.25, 0.3) is 5.69 Å². The van der Waals surface area contributed by atoms with E-state index in [1.807, 2.05) is 0 Å². The largest absolute Gasteiger partial charge is 0.514 e. The van der Waals surface area contributed by atoms with Gasteiger partial charge in [-0.15, -0.1) is 0 Å². The van der Waals surface area contributed by atoms with E-state index in [1.54, 1.807) is 0 Å². The minimum atomic E-state index is -1.00. The van der Waals surface area contributed by atoms with Crippen molar-refractivity contribution in [2.45, 2.75) is 245 Å². The molecule has 70 heavy (non-hydrogen) atoms. The molecule has 0 saturated carbocycles. The van der Waals surface area contributed by atoms with E-state index in [-0.39, 0.29) is 50.3 Å². The zero-order chi connectivity index (χ0) is 51.0. The SMILES string of the molecule is CCCCC/C=C\C/C=C\CCCCCCCC(=O)OCC(COC(=O)CCCCCCC/C=C\C/C=C\CCCCC)OC(=O)CCC(CCCCCCCC)OC(=O)Oc1ccc([N+](=O)[O-])cc1. The number of benzene rings is 1. The van der Waals surface area contributed by atoms with Crippen LogP contribution in [0.25, 0.3) is 0 Å². The summed E-state index contributed by atoms with van der Waals surface area (Å²) in [6.45, 7) is 6.09. The lowest BCUT2D eigenvalue weighted by Gasteiger charge is -2.20. The lowest BCUT2D eigenvalue weighted by Crippen LogP contribution is -2.31. The fourth-order valence-electron chi connectivity index (χ4n) is 7.62. The van der Waals surface area contributed by atoms with Crippen LogP contribution < -0.4 is 4.74 Å². The molecule has 396 valence electrons. The number of hydrogen-bond donors (Lipinski definition) is 0. The molecule has 0 bridgehead atoms. The van der Waals surface area contributed by atoms with Gasteiger partial charge in [-0.3, -0.25) is 24.5 Å². The van der Waals surface area contributed by atoms with E-state index in [0.29, 0.717) is 19.3 Å². The van der Waals surface area contributed by atoms with Gasteiger partial charge in [0.1, 0.15) is 25.1 Å². The molecule has 1 rings (SSSR count). The van der Waals surface area contributed by atoms with Gasteiger partial charge in [0, 0.05) is 31.4 Å². The summed E-state index contributed by atoms with van der Waals surface area (Å²) in [4.78, 5) is 62.1. The molecule has 0 radical (unpaired) electrons. The van der Waals surface area contributed by atoms with Crippen molar-refractivity contribution in [1.82, 2.24) is 0 Å². The summed E-state index contributed by atoms with van der Waals surface area (Å²) in [7, 11) is 0. The highest BCUT2D eigenvalue weighted by atomic mass is 16.7. The molecule has 1 aromatic carbocycles. The summed E-state index contributed by atoms with van der Waals surface area (Å²) in [5.74, 6) is -1.32. The molecule has 1 atom stereocenters. The summed E-state index contributed by atoms with van der Waals surface area (Å²) in [5.41, 5.74) is -0.142. The summed E-state index contributed by atoms with van der Waals surface area (Å²) >= 11 is 0. The van der Waals surface area contributed by atoms with Crippen molar-refractivity contribution in [1.29, 1.82) is 0 Å². The maximum Gasteiger partial charge on any atom is 0.514 e.